The average Bonchev–Trinajstić information content (AvgIpc) is 3.11. The minimum Gasteiger partial charge on any atom is -0.353 e. The van der Waals surface area contributed by atoms with Crippen LogP contribution in [0.25, 0.3) is 5.65 Å². The van der Waals surface area contributed by atoms with E-state index >= 15 is 0 Å². The molecule has 146 valence electrons. The molecule has 1 aromatic carbocycles. The van der Waals surface area contributed by atoms with Crippen LogP contribution in [-0.2, 0) is 11.2 Å². The molecule has 28 heavy (non-hydrogen) atoms. The van der Waals surface area contributed by atoms with Gasteiger partial charge in [0.1, 0.15) is 5.82 Å². The number of aromatic nitrogens is 4. The molecule has 1 N–H and O–H groups in total. The Bertz CT molecular complexity index is 958. The van der Waals surface area contributed by atoms with Crippen LogP contribution in [0.2, 0.25) is 0 Å². The predicted octanol–water partition coefficient (Wildman–Crippen LogP) is 1.76. The lowest BCUT2D eigenvalue weighted by molar-refractivity contribution is -0.116. The van der Waals surface area contributed by atoms with Crippen LogP contribution in [-0.4, -0.2) is 63.8 Å². The van der Waals surface area contributed by atoms with Crippen molar-refractivity contribution in [2.24, 2.45) is 0 Å². The smallest absolute Gasteiger partial charge is 0.224 e. The average molecular weight is 379 g/mol. The van der Waals surface area contributed by atoms with Gasteiger partial charge in [-0.15, -0.1) is 15.3 Å². The summed E-state index contributed by atoms with van der Waals surface area (Å²) in [5.74, 6) is 1.58. The molecule has 3 heterocycles. The summed E-state index contributed by atoms with van der Waals surface area (Å²) in [6, 6.07) is 11.7. The number of rotatable bonds is 5. The Kier molecular flexibility index (Phi) is 5.21. The van der Waals surface area contributed by atoms with Gasteiger partial charge in [-0.05, 0) is 38.2 Å². The first-order chi connectivity index (χ1) is 13.6. The first-order valence-electron chi connectivity index (χ1n) is 9.60. The van der Waals surface area contributed by atoms with Crippen molar-refractivity contribution in [3.63, 3.8) is 0 Å². The van der Waals surface area contributed by atoms with Gasteiger partial charge in [0.25, 0.3) is 0 Å². The Balaban J connectivity index is 1.42. The monoisotopic (exact) mass is 379 g/mol. The third kappa shape index (κ3) is 4.12. The summed E-state index contributed by atoms with van der Waals surface area (Å²) in [4.78, 5) is 16.9. The highest BCUT2D eigenvalue weighted by atomic mass is 16.1. The molecular formula is C20H25N7O. The second kappa shape index (κ2) is 7.93. The molecule has 0 atom stereocenters. The number of nitrogens with one attached hydrogen (secondary N) is 1. The van der Waals surface area contributed by atoms with Crippen molar-refractivity contribution >= 4 is 23.1 Å². The lowest BCUT2D eigenvalue weighted by Crippen LogP contribution is -2.45. The van der Waals surface area contributed by atoms with Crippen molar-refractivity contribution in [2.75, 3.05) is 43.4 Å². The fourth-order valence-corrected chi connectivity index (χ4v) is 3.27. The standard InChI is InChI=1S/C20H25N7O/c1-15-3-5-16(6-4-15)21-20(28)10-9-18-23-22-17-7-8-19(24-27(17)18)26-13-11-25(2)12-14-26/h3-8H,9-14H2,1-2H3,(H,21,28). The second-order valence-corrected chi connectivity index (χ2v) is 7.28. The number of nitrogens with zero attached hydrogens (tertiary/aromatic N) is 6. The van der Waals surface area contributed by atoms with E-state index in [4.69, 9.17) is 5.10 Å². The number of likely N-dealkylation sites (N-methyl/N-ethyl adjacent to an activating group) is 1. The molecule has 1 saturated heterocycles. The number of aryl methyl sites for hydroxylation is 2. The van der Waals surface area contributed by atoms with Crippen molar-refractivity contribution in [3.05, 3.63) is 47.8 Å². The molecule has 3 aromatic rings. The van der Waals surface area contributed by atoms with Gasteiger partial charge in [-0.1, -0.05) is 17.7 Å². The topological polar surface area (TPSA) is 78.7 Å². The number of hydrogen-bond acceptors (Lipinski definition) is 6. The van der Waals surface area contributed by atoms with Crippen molar-refractivity contribution < 1.29 is 4.79 Å². The van der Waals surface area contributed by atoms with Crippen LogP contribution in [0, 0.1) is 6.92 Å². The highest BCUT2D eigenvalue weighted by Crippen LogP contribution is 2.15. The SMILES string of the molecule is Cc1ccc(NC(=O)CCc2nnc3ccc(N4CCN(C)CC4)nn23)cc1. The summed E-state index contributed by atoms with van der Waals surface area (Å²) < 4.78 is 1.76. The zero-order valence-corrected chi connectivity index (χ0v) is 16.3. The molecule has 0 aliphatic carbocycles. The van der Waals surface area contributed by atoms with E-state index < -0.39 is 0 Å². The number of carbonyl (C=O) groups is 1. The van der Waals surface area contributed by atoms with Gasteiger partial charge in [-0.25, -0.2) is 0 Å². The number of anilines is 2. The highest BCUT2D eigenvalue weighted by Gasteiger charge is 2.17. The molecule has 2 aromatic heterocycles. The van der Waals surface area contributed by atoms with Crippen LogP contribution in [0.3, 0.4) is 0 Å². The van der Waals surface area contributed by atoms with Crippen molar-refractivity contribution in [1.82, 2.24) is 24.7 Å². The molecule has 4 rings (SSSR count). The molecule has 0 radical (unpaired) electrons. The molecule has 0 saturated carbocycles. The number of carbonyl (C=O) groups excluding carboxylic acids is 1. The van der Waals surface area contributed by atoms with Gasteiger partial charge in [-0.2, -0.15) is 4.52 Å². The van der Waals surface area contributed by atoms with Gasteiger partial charge in [0, 0.05) is 44.7 Å². The maximum Gasteiger partial charge on any atom is 0.224 e. The third-order valence-corrected chi connectivity index (χ3v) is 5.05. The highest BCUT2D eigenvalue weighted by molar-refractivity contribution is 5.90. The van der Waals surface area contributed by atoms with Crippen molar-refractivity contribution in [2.45, 2.75) is 19.8 Å². The fraction of sp³-hybridized carbons (Fsp3) is 0.400. The van der Waals surface area contributed by atoms with E-state index in [0.29, 0.717) is 24.3 Å². The molecule has 8 nitrogen and oxygen atoms in total. The Labute approximate surface area is 164 Å². The molecule has 0 unspecified atom stereocenters. The molecule has 0 bridgehead atoms. The summed E-state index contributed by atoms with van der Waals surface area (Å²) in [5.41, 5.74) is 2.67. The van der Waals surface area contributed by atoms with E-state index in [9.17, 15) is 4.79 Å². The van der Waals surface area contributed by atoms with Crippen molar-refractivity contribution in [3.8, 4) is 0 Å². The Hall–Kier alpha value is -3.00. The van der Waals surface area contributed by atoms with Crippen molar-refractivity contribution in [1.29, 1.82) is 0 Å². The summed E-state index contributed by atoms with van der Waals surface area (Å²) in [5, 5.41) is 16.0. The van der Waals surface area contributed by atoms with Crippen LogP contribution in [0.15, 0.2) is 36.4 Å². The van der Waals surface area contributed by atoms with Crippen LogP contribution in [0.1, 0.15) is 17.8 Å². The quantitative estimate of drug-likeness (QED) is 0.728. The zero-order chi connectivity index (χ0) is 19.5. The predicted molar refractivity (Wildman–Crippen MR) is 109 cm³/mol. The normalized spacial score (nSPS) is 15.1. The maximum atomic E-state index is 12.3. The summed E-state index contributed by atoms with van der Waals surface area (Å²) in [6.45, 7) is 5.96. The van der Waals surface area contributed by atoms with E-state index in [2.05, 4.69) is 32.4 Å². The maximum absolute atomic E-state index is 12.3. The van der Waals surface area contributed by atoms with Crippen LogP contribution in [0.5, 0.6) is 0 Å². The zero-order valence-electron chi connectivity index (χ0n) is 16.3. The summed E-state index contributed by atoms with van der Waals surface area (Å²) in [7, 11) is 2.13. The van der Waals surface area contributed by atoms with Gasteiger partial charge in [-0.3, -0.25) is 4.79 Å². The van der Waals surface area contributed by atoms with E-state index in [-0.39, 0.29) is 5.91 Å². The summed E-state index contributed by atoms with van der Waals surface area (Å²) in [6.07, 6.45) is 0.813. The number of benzene rings is 1. The Morgan fingerprint density at radius 1 is 1.04 bits per heavy atom. The summed E-state index contributed by atoms with van der Waals surface area (Å²) >= 11 is 0. The van der Waals surface area contributed by atoms with Gasteiger partial charge in [0.05, 0.1) is 0 Å². The van der Waals surface area contributed by atoms with Gasteiger partial charge in [0.2, 0.25) is 5.91 Å². The lowest BCUT2D eigenvalue weighted by Gasteiger charge is -2.33. The Morgan fingerprint density at radius 2 is 1.79 bits per heavy atom. The number of piperazine rings is 1. The van der Waals surface area contributed by atoms with Gasteiger partial charge >= 0.3 is 0 Å². The second-order valence-electron chi connectivity index (χ2n) is 7.28. The van der Waals surface area contributed by atoms with E-state index in [0.717, 1.165) is 43.2 Å². The van der Waals surface area contributed by atoms with Gasteiger partial charge in [0.15, 0.2) is 11.5 Å². The van der Waals surface area contributed by atoms with E-state index in [1.54, 1.807) is 4.52 Å². The lowest BCUT2D eigenvalue weighted by atomic mass is 10.2. The molecule has 1 fully saturated rings. The Morgan fingerprint density at radius 3 is 2.54 bits per heavy atom. The minimum absolute atomic E-state index is 0.0455. The van der Waals surface area contributed by atoms with Crippen LogP contribution >= 0.6 is 0 Å². The number of hydrogen-bond donors (Lipinski definition) is 1. The van der Waals surface area contributed by atoms with Crippen LogP contribution < -0.4 is 10.2 Å². The molecule has 1 aliphatic heterocycles. The first kappa shape index (κ1) is 18.4. The molecule has 1 amide bonds. The molecule has 0 spiro atoms. The largest absolute Gasteiger partial charge is 0.353 e. The first-order valence-corrected chi connectivity index (χ1v) is 9.60. The van der Waals surface area contributed by atoms with E-state index in [1.807, 2.05) is 43.3 Å². The van der Waals surface area contributed by atoms with E-state index in [1.165, 1.54) is 0 Å². The molecule has 8 heteroatoms. The third-order valence-electron chi connectivity index (χ3n) is 5.05. The number of amides is 1. The molecular weight excluding hydrogens is 354 g/mol. The van der Waals surface area contributed by atoms with Crippen LogP contribution in [0.4, 0.5) is 11.5 Å². The van der Waals surface area contributed by atoms with Gasteiger partial charge < -0.3 is 15.1 Å². The molecule has 1 aliphatic rings. The minimum atomic E-state index is -0.0455. The number of fused-ring (bicyclic) bond motifs is 1. The fourth-order valence-electron chi connectivity index (χ4n) is 3.27.